The van der Waals surface area contributed by atoms with Gasteiger partial charge in [0.15, 0.2) is 0 Å². The number of hydrogen-bond acceptors (Lipinski definition) is 2. The summed E-state index contributed by atoms with van der Waals surface area (Å²) in [5, 5.41) is 3.37. The predicted octanol–water partition coefficient (Wildman–Crippen LogP) is 2.61. The predicted molar refractivity (Wildman–Crippen MR) is 65.4 cm³/mol. The Kier molecular flexibility index (Phi) is 3.65. The van der Waals surface area contributed by atoms with Gasteiger partial charge in [0.2, 0.25) is 0 Å². The van der Waals surface area contributed by atoms with E-state index in [1.807, 2.05) is 0 Å². The largest absolute Gasteiger partial charge is 0.493 e. The second kappa shape index (κ2) is 4.99. The minimum absolute atomic E-state index is 0.610. The van der Waals surface area contributed by atoms with Crippen molar-refractivity contribution in [3.05, 3.63) is 28.2 Å². The van der Waals surface area contributed by atoms with Crippen LogP contribution in [0.3, 0.4) is 0 Å². The molecule has 3 heteroatoms. The Morgan fingerprint density at radius 3 is 3.20 bits per heavy atom. The van der Waals surface area contributed by atoms with E-state index in [-0.39, 0.29) is 0 Å². The SMILES string of the molecule is CCNCC1COc2cc(Br)ccc2C1. The number of fused-ring (bicyclic) bond motifs is 1. The molecule has 1 atom stereocenters. The van der Waals surface area contributed by atoms with E-state index in [1.165, 1.54) is 5.56 Å². The Morgan fingerprint density at radius 1 is 1.53 bits per heavy atom. The van der Waals surface area contributed by atoms with Gasteiger partial charge in [-0.15, -0.1) is 0 Å². The molecule has 15 heavy (non-hydrogen) atoms. The minimum atomic E-state index is 0.610. The van der Waals surface area contributed by atoms with Crippen molar-refractivity contribution in [3.63, 3.8) is 0 Å². The van der Waals surface area contributed by atoms with Gasteiger partial charge in [-0.3, -0.25) is 0 Å². The molecule has 1 aromatic rings. The van der Waals surface area contributed by atoms with E-state index in [0.29, 0.717) is 5.92 Å². The molecule has 1 aliphatic heterocycles. The van der Waals surface area contributed by atoms with Crippen LogP contribution in [0.5, 0.6) is 5.75 Å². The second-order valence-corrected chi connectivity index (χ2v) is 4.86. The van der Waals surface area contributed by atoms with Crippen molar-refractivity contribution in [2.24, 2.45) is 5.92 Å². The lowest BCUT2D eigenvalue weighted by molar-refractivity contribution is 0.219. The fourth-order valence-electron chi connectivity index (χ4n) is 1.89. The van der Waals surface area contributed by atoms with E-state index in [1.54, 1.807) is 0 Å². The third-order valence-corrected chi connectivity index (χ3v) is 3.19. The molecule has 0 spiro atoms. The molecule has 1 heterocycles. The van der Waals surface area contributed by atoms with Crippen molar-refractivity contribution in [2.75, 3.05) is 19.7 Å². The van der Waals surface area contributed by atoms with Crippen molar-refractivity contribution in [1.82, 2.24) is 5.32 Å². The number of ether oxygens (including phenoxy) is 1. The Hall–Kier alpha value is -0.540. The van der Waals surface area contributed by atoms with Gasteiger partial charge in [0.25, 0.3) is 0 Å². The monoisotopic (exact) mass is 269 g/mol. The van der Waals surface area contributed by atoms with Crippen LogP contribution in [0.4, 0.5) is 0 Å². The van der Waals surface area contributed by atoms with E-state index in [2.05, 4.69) is 46.4 Å². The number of nitrogens with one attached hydrogen (secondary N) is 1. The third kappa shape index (κ3) is 2.73. The number of halogens is 1. The molecule has 82 valence electrons. The van der Waals surface area contributed by atoms with Crippen molar-refractivity contribution >= 4 is 15.9 Å². The van der Waals surface area contributed by atoms with Crippen LogP contribution in [0.2, 0.25) is 0 Å². The van der Waals surface area contributed by atoms with Crippen LogP contribution >= 0.6 is 15.9 Å². The summed E-state index contributed by atoms with van der Waals surface area (Å²) in [4.78, 5) is 0. The first-order valence-corrected chi connectivity index (χ1v) is 6.21. The molecule has 0 amide bonds. The van der Waals surface area contributed by atoms with Gasteiger partial charge >= 0.3 is 0 Å². The molecule has 0 bridgehead atoms. The molecule has 0 aromatic heterocycles. The molecule has 0 fully saturated rings. The van der Waals surface area contributed by atoms with E-state index >= 15 is 0 Å². The molecule has 0 saturated heterocycles. The zero-order valence-electron chi connectivity index (χ0n) is 8.92. The number of benzene rings is 1. The van der Waals surface area contributed by atoms with E-state index in [9.17, 15) is 0 Å². The summed E-state index contributed by atoms with van der Waals surface area (Å²) in [7, 11) is 0. The van der Waals surface area contributed by atoms with Gasteiger partial charge < -0.3 is 10.1 Å². The molecule has 1 aromatic carbocycles. The fraction of sp³-hybridized carbons (Fsp3) is 0.500. The molecule has 1 aliphatic rings. The van der Waals surface area contributed by atoms with E-state index < -0.39 is 0 Å². The zero-order valence-corrected chi connectivity index (χ0v) is 10.5. The Bertz CT molecular complexity index is 340. The summed E-state index contributed by atoms with van der Waals surface area (Å²) in [6, 6.07) is 6.29. The molecule has 0 saturated carbocycles. The van der Waals surface area contributed by atoms with Crippen LogP contribution < -0.4 is 10.1 Å². The Morgan fingerprint density at radius 2 is 2.40 bits per heavy atom. The lowest BCUT2D eigenvalue weighted by atomic mass is 9.97. The highest BCUT2D eigenvalue weighted by Gasteiger charge is 2.19. The van der Waals surface area contributed by atoms with Crippen molar-refractivity contribution in [3.8, 4) is 5.75 Å². The first-order chi connectivity index (χ1) is 7.29. The smallest absolute Gasteiger partial charge is 0.123 e. The molecule has 1 N–H and O–H groups in total. The van der Waals surface area contributed by atoms with Gasteiger partial charge in [0.05, 0.1) is 6.61 Å². The van der Waals surface area contributed by atoms with Gasteiger partial charge in [-0.2, -0.15) is 0 Å². The van der Waals surface area contributed by atoms with Gasteiger partial charge in [-0.1, -0.05) is 28.9 Å². The maximum atomic E-state index is 5.74. The van der Waals surface area contributed by atoms with Crippen LogP contribution in [-0.2, 0) is 6.42 Å². The summed E-state index contributed by atoms with van der Waals surface area (Å²) in [5.41, 5.74) is 1.33. The fourth-order valence-corrected chi connectivity index (χ4v) is 2.23. The van der Waals surface area contributed by atoms with Crippen LogP contribution in [-0.4, -0.2) is 19.7 Å². The lowest BCUT2D eigenvalue weighted by Gasteiger charge is -2.25. The van der Waals surface area contributed by atoms with Crippen molar-refractivity contribution < 1.29 is 4.74 Å². The normalized spacial score (nSPS) is 19.5. The topological polar surface area (TPSA) is 21.3 Å². The molecule has 2 nitrogen and oxygen atoms in total. The van der Waals surface area contributed by atoms with Gasteiger partial charge in [0, 0.05) is 16.9 Å². The summed E-state index contributed by atoms with van der Waals surface area (Å²) in [5.74, 6) is 1.65. The summed E-state index contributed by atoms with van der Waals surface area (Å²) >= 11 is 3.46. The Balaban J connectivity index is 2.03. The maximum absolute atomic E-state index is 5.74. The Labute approximate surface area is 99.1 Å². The first-order valence-electron chi connectivity index (χ1n) is 5.41. The van der Waals surface area contributed by atoms with Crippen LogP contribution in [0, 0.1) is 5.92 Å². The van der Waals surface area contributed by atoms with Gasteiger partial charge in [-0.25, -0.2) is 0 Å². The third-order valence-electron chi connectivity index (χ3n) is 2.70. The molecular formula is C12H16BrNO. The van der Waals surface area contributed by atoms with Crippen molar-refractivity contribution in [1.29, 1.82) is 0 Å². The standard InChI is InChI=1S/C12H16BrNO/c1-2-14-7-9-5-10-3-4-11(13)6-12(10)15-8-9/h3-4,6,9,14H,2,5,7-8H2,1H3. The van der Waals surface area contributed by atoms with Crippen LogP contribution in [0.25, 0.3) is 0 Å². The molecule has 2 rings (SSSR count). The highest BCUT2D eigenvalue weighted by molar-refractivity contribution is 9.10. The van der Waals surface area contributed by atoms with Crippen LogP contribution in [0.1, 0.15) is 12.5 Å². The van der Waals surface area contributed by atoms with E-state index in [4.69, 9.17) is 4.74 Å². The average molecular weight is 270 g/mol. The molecule has 1 unspecified atom stereocenters. The summed E-state index contributed by atoms with van der Waals surface area (Å²) in [6.07, 6.45) is 1.12. The highest BCUT2D eigenvalue weighted by Crippen LogP contribution is 2.29. The van der Waals surface area contributed by atoms with Crippen molar-refractivity contribution in [2.45, 2.75) is 13.3 Å². The average Bonchev–Trinajstić information content (AvgIpc) is 2.26. The highest BCUT2D eigenvalue weighted by atomic mass is 79.9. The van der Waals surface area contributed by atoms with Gasteiger partial charge in [0.1, 0.15) is 5.75 Å². The first kappa shape index (κ1) is 11.0. The summed E-state index contributed by atoms with van der Waals surface area (Å²) < 4.78 is 6.83. The minimum Gasteiger partial charge on any atom is -0.493 e. The number of rotatable bonds is 3. The maximum Gasteiger partial charge on any atom is 0.123 e. The molecular weight excluding hydrogens is 254 g/mol. The quantitative estimate of drug-likeness (QED) is 0.911. The molecule has 0 aliphatic carbocycles. The number of hydrogen-bond donors (Lipinski definition) is 1. The van der Waals surface area contributed by atoms with E-state index in [0.717, 1.165) is 36.3 Å². The molecule has 0 radical (unpaired) electrons. The van der Waals surface area contributed by atoms with Crippen LogP contribution in [0.15, 0.2) is 22.7 Å². The second-order valence-electron chi connectivity index (χ2n) is 3.94. The lowest BCUT2D eigenvalue weighted by Crippen LogP contribution is -2.31. The zero-order chi connectivity index (χ0) is 10.7. The van der Waals surface area contributed by atoms with Gasteiger partial charge in [-0.05, 0) is 30.7 Å². The summed E-state index contributed by atoms with van der Waals surface area (Å²) in [6.45, 7) is 5.04.